The molecule has 0 aromatic heterocycles. The molecule has 2 amide bonds. The molecule has 0 aliphatic heterocycles. The summed E-state index contributed by atoms with van der Waals surface area (Å²) in [5.74, 6) is -1.17. The summed E-state index contributed by atoms with van der Waals surface area (Å²) in [6.07, 6.45) is -4.89. The summed E-state index contributed by atoms with van der Waals surface area (Å²) in [6, 6.07) is 8.22. The minimum Gasteiger partial charge on any atom is -0.404 e. The molecule has 0 bridgehead atoms. The van der Waals surface area contributed by atoms with Gasteiger partial charge in [-0.1, -0.05) is 29.8 Å². The predicted octanol–water partition coefficient (Wildman–Crippen LogP) is 4.70. The third-order valence-electron chi connectivity index (χ3n) is 2.85. The van der Waals surface area contributed by atoms with Gasteiger partial charge in [0.25, 0.3) is 0 Å². The van der Waals surface area contributed by atoms with E-state index in [1.54, 1.807) is 0 Å². The number of halogens is 5. The molecule has 0 saturated carbocycles. The van der Waals surface area contributed by atoms with Crippen molar-refractivity contribution in [1.29, 1.82) is 0 Å². The van der Waals surface area contributed by atoms with Gasteiger partial charge in [-0.3, -0.25) is 0 Å². The fourth-order valence-electron chi connectivity index (χ4n) is 1.82. The Morgan fingerprint density at radius 1 is 1.12 bits per heavy atom. The average molecular weight is 363 g/mol. The number of hydrogen-bond acceptors (Lipinski definition) is 2. The van der Waals surface area contributed by atoms with Crippen LogP contribution >= 0.6 is 11.6 Å². The monoisotopic (exact) mass is 362 g/mol. The van der Waals surface area contributed by atoms with Gasteiger partial charge in [0.05, 0.1) is 5.69 Å². The highest BCUT2D eigenvalue weighted by Gasteiger charge is 2.32. The first kappa shape index (κ1) is 17.9. The molecule has 0 saturated heterocycles. The first-order chi connectivity index (χ1) is 11.3. The smallest absolute Gasteiger partial charge is 0.404 e. The number of hydrogen-bond donors (Lipinski definition) is 2. The van der Waals surface area contributed by atoms with Crippen molar-refractivity contribution >= 4 is 23.3 Å². The Bertz CT molecular complexity index is 717. The third-order valence-corrected chi connectivity index (χ3v) is 3.20. The number of carbonyl (C=O) groups is 1. The van der Waals surface area contributed by atoms with Crippen molar-refractivity contribution in [3.8, 4) is 5.75 Å². The summed E-state index contributed by atoms with van der Waals surface area (Å²) in [5, 5.41) is 4.63. The fourth-order valence-corrected chi connectivity index (χ4v) is 2.05. The van der Waals surface area contributed by atoms with Crippen molar-refractivity contribution < 1.29 is 27.1 Å². The Hall–Kier alpha value is -2.48. The largest absolute Gasteiger partial charge is 0.573 e. The van der Waals surface area contributed by atoms with Crippen LogP contribution in [-0.2, 0) is 6.54 Å². The molecule has 128 valence electrons. The maximum Gasteiger partial charge on any atom is 0.573 e. The van der Waals surface area contributed by atoms with Crippen LogP contribution in [0.4, 0.5) is 28.0 Å². The minimum absolute atomic E-state index is 0.0640. The standard InChI is InChI=1S/C15H11ClF4N2O2/c16-10-4-3-5-11(17)9(10)8-21-14(23)22-12-6-1-2-7-13(12)24-15(18,19)20/h1-7H,8H2,(H2,21,22,23). The van der Waals surface area contributed by atoms with Crippen molar-refractivity contribution in [2.24, 2.45) is 0 Å². The maximum absolute atomic E-state index is 13.6. The Morgan fingerprint density at radius 2 is 1.83 bits per heavy atom. The summed E-state index contributed by atoms with van der Waals surface area (Å²) >= 11 is 5.81. The van der Waals surface area contributed by atoms with Gasteiger partial charge < -0.3 is 15.4 Å². The van der Waals surface area contributed by atoms with Gasteiger partial charge in [-0.25, -0.2) is 9.18 Å². The number of alkyl halides is 3. The van der Waals surface area contributed by atoms with Crippen molar-refractivity contribution in [1.82, 2.24) is 5.32 Å². The van der Waals surface area contributed by atoms with Gasteiger partial charge in [0.2, 0.25) is 0 Å². The maximum atomic E-state index is 13.6. The lowest BCUT2D eigenvalue weighted by molar-refractivity contribution is -0.274. The van der Waals surface area contributed by atoms with E-state index in [0.717, 1.165) is 6.07 Å². The number of rotatable bonds is 4. The molecule has 2 aromatic rings. The molecule has 4 nitrogen and oxygen atoms in total. The molecule has 0 aliphatic carbocycles. The van der Waals surface area contributed by atoms with Gasteiger partial charge in [0, 0.05) is 17.1 Å². The number of benzene rings is 2. The SMILES string of the molecule is O=C(NCc1c(F)cccc1Cl)Nc1ccccc1OC(F)(F)F. The highest BCUT2D eigenvalue weighted by atomic mass is 35.5. The van der Waals surface area contributed by atoms with Crippen LogP contribution in [0.15, 0.2) is 42.5 Å². The van der Waals surface area contributed by atoms with E-state index >= 15 is 0 Å². The van der Waals surface area contributed by atoms with Gasteiger partial charge in [0.1, 0.15) is 5.82 Å². The molecule has 2 aromatic carbocycles. The fraction of sp³-hybridized carbons (Fsp3) is 0.133. The molecule has 2 N–H and O–H groups in total. The van der Waals surface area contributed by atoms with Crippen LogP contribution < -0.4 is 15.4 Å². The van der Waals surface area contributed by atoms with Crippen LogP contribution in [-0.4, -0.2) is 12.4 Å². The van der Waals surface area contributed by atoms with Crippen molar-refractivity contribution in [3.63, 3.8) is 0 Å². The number of urea groups is 1. The highest BCUT2D eigenvalue weighted by molar-refractivity contribution is 6.31. The Morgan fingerprint density at radius 3 is 2.50 bits per heavy atom. The van der Waals surface area contributed by atoms with E-state index in [0.29, 0.717) is 0 Å². The number of ether oxygens (including phenoxy) is 1. The second kappa shape index (κ2) is 7.39. The van der Waals surface area contributed by atoms with Gasteiger partial charge in [0.15, 0.2) is 5.75 Å². The van der Waals surface area contributed by atoms with Crippen molar-refractivity contribution in [2.75, 3.05) is 5.32 Å². The summed E-state index contributed by atoms with van der Waals surface area (Å²) < 4.78 is 54.3. The third kappa shape index (κ3) is 5.02. The van der Waals surface area contributed by atoms with Crippen LogP contribution in [0.1, 0.15) is 5.56 Å². The molecule has 0 aliphatic rings. The number of amides is 2. The second-order valence-electron chi connectivity index (χ2n) is 4.55. The highest BCUT2D eigenvalue weighted by Crippen LogP contribution is 2.29. The number of anilines is 1. The van der Waals surface area contributed by atoms with E-state index in [4.69, 9.17) is 11.6 Å². The van der Waals surface area contributed by atoms with Crippen molar-refractivity contribution in [2.45, 2.75) is 12.9 Å². The first-order valence-corrected chi connectivity index (χ1v) is 6.96. The number of carbonyl (C=O) groups excluding carboxylic acids is 1. The van der Waals surface area contributed by atoms with E-state index in [-0.39, 0.29) is 22.8 Å². The summed E-state index contributed by atoms with van der Waals surface area (Å²) in [7, 11) is 0. The van der Waals surface area contributed by atoms with E-state index in [1.807, 2.05) is 0 Å². The molecule has 2 rings (SSSR count). The number of nitrogens with one attached hydrogen (secondary N) is 2. The molecular weight excluding hydrogens is 352 g/mol. The summed E-state index contributed by atoms with van der Waals surface area (Å²) in [5.41, 5.74) is -0.124. The molecule has 24 heavy (non-hydrogen) atoms. The minimum atomic E-state index is -4.89. The van der Waals surface area contributed by atoms with Gasteiger partial charge in [-0.2, -0.15) is 0 Å². The Balaban J connectivity index is 2.03. The number of para-hydroxylation sites is 2. The molecule has 0 atom stereocenters. The zero-order chi connectivity index (χ0) is 17.7. The molecule has 0 radical (unpaired) electrons. The molecule has 9 heteroatoms. The molecular formula is C15H11ClF4N2O2. The lowest BCUT2D eigenvalue weighted by Gasteiger charge is -2.14. The first-order valence-electron chi connectivity index (χ1n) is 6.59. The average Bonchev–Trinajstić information content (AvgIpc) is 2.47. The summed E-state index contributed by atoms with van der Waals surface area (Å²) in [6.45, 7) is -0.236. The molecule has 0 heterocycles. The Kier molecular flexibility index (Phi) is 5.50. The molecule has 0 spiro atoms. The van der Waals surface area contributed by atoms with E-state index in [2.05, 4.69) is 15.4 Å². The molecule has 0 unspecified atom stereocenters. The summed E-state index contributed by atoms with van der Waals surface area (Å²) in [4.78, 5) is 11.8. The van der Waals surface area contributed by atoms with Crippen LogP contribution in [0.3, 0.4) is 0 Å². The molecule has 0 fully saturated rings. The van der Waals surface area contributed by atoms with Crippen LogP contribution in [0.2, 0.25) is 5.02 Å². The zero-order valence-electron chi connectivity index (χ0n) is 12.0. The van der Waals surface area contributed by atoms with Gasteiger partial charge in [-0.05, 0) is 24.3 Å². The predicted molar refractivity (Wildman–Crippen MR) is 80.4 cm³/mol. The van der Waals surface area contributed by atoms with E-state index in [9.17, 15) is 22.4 Å². The van der Waals surface area contributed by atoms with Gasteiger partial charge in [-0.15, -0.1) is 13.2 Å². The van der Waals surface area contributed by atoms with Gasteiger partial charge >= 0.3 is 12.4 Å². The second-order valence-corrected chi connectivity index (χ2v) is 4.96. The Labute approximate surface area is 139 Å². The topological polar surface area (TPSA) is 50.4 Å². The quantitative estimate of drug-likeness (QED) is 0.775. The zero-order valence-corrected chi connectivity index (χ0v) is 12.7. The van der Waals surface area contributed by atoms with Crippen LogP contribution in [0.5, 0.6) is 5.75 Å². The van der Waals surface area contributed by atoms with E-state index in [1.165, 1.54) is 36.4 Å². The van der Waals surface area contributed by atoms with E-state index < -0.39 is 24.0 Å². The van der Waals surface area contributed by atoms with Crippen molar-refractivity contribution in [3.05, 3.63) is 58.9 Å². The van der Waals surface area contributed by atoms with Crippen LogP contribution in [0, 0.1) is 5.82 Å². The normalized spacial score (nSPS) is 11.0. The lowest BCUT2D eigenvalue weighted by atomic mass is 10.2. The lowest BCUT2D eigenvalue weighted by Crippen LogP contribution is -2.29. The van der Waals surface area contributed by atoms with Crippen LogP contribution in [0.25, 0.3) is 0 Å².